The van der Waals surface area contributed by atoms with Gasteiger partial charge in [0.25, 0.3) is 5.91 Å². The first-order valence-corrected chi connectivity index (χ1v) is 9.96. The first-order chi connectivity index (χ1) is 13.7. The van der Waals surface area contributed by atoms with Gasteiger partial charge in [0.1, 0.15) is 18.1 Å². The van der Waals surface area contributed by atoms with Crippen molar-refractivity contribution in [2.45, 2.75) is 53.1 Å². The molecule has 0 unspecified atom stereocenters. The van der Waals surface area contributed by atoms with Crippen molar-refractivity contribution in [3.8, 4) is 11.5 Å². The quantitative estimate of drug-likeness (QED) is 0.421. The van der Waals surface area contributed by atoms with E-state index in [9.17, 15) is 4.79 Å². The molecule has 5 heteroatoms. The Morgan fingerprint density at radius 1 is 0.857 bits per heavy atom. The maximum atomic E-state index is 12.3. The van der Waals surface area contributed by atoms with Crippen LogP contribution in [0.3, 0.4) is 0 Å². The van der Waals surface area contributed by atoms with Gasteiger partial charge in [0, 0.05) is 11.3 Å². The van der Waals surface area contributed by atoms with E-state index in [-0.39, 0.29) is 5.91 Å². The predicted octanol–water partition coefficient (Wildman–Crippen LogP) is 5.35. The van der Waals surface area contributed by atoms with Crippen molar-refractivity contribution in [3.63, 3.8) is 0 Å². The van der Waals surface area contributed by atoms with Crippen molar-refractivity contribution in [2.24, 2.45) is 5.10 Å². The van der Waals surface area contributed by atoms with Crippen LogP contribution in [0.2, 0.25) is 0 Å². The molecule has 2 rings (SSSR count). The van der Waals surface area contributed by atoms with Gasteiger partial charge in [-0.05, 0) is 61.7 Å². The van der Waals surface area contributed by atoms with Crippen molar-refractivity contribution >= 4 is 11.6 Å². The molecule has 1 N–H and O–H groups in total. The van der Waals surface area contributed by atoms with Crippen LogP contribution in [0.15, 0.2) is 53.6 Å². The Morgan fingerprint density at radius 3 is 1.96 bits per heavy atom. The zero-order valence-electron chi connectivity index (χ0n) is 17.0. The molecule has 5 nitrogen and oxygen atoms in total. The maximum Gasteiger partial charge on any atom is 0.271 e. The summed E-state index contributed by atoms with van der Waals surface area (Å²) < 4.78 is 11.2. The second kappa shape index (κ2) is 11.8. The number of hydrogen-bond acceptors (Lipinski definition) is 4. The number of carbonyl (C=O) groups is 1. The molecular formula is C23H30N2O3. The summed E-state index contributed by atoms with van der Waals surface area (Å²) in [5.74, 6) is 1.41. The minimum Gasteiger partial charge on any atom is -0.494 e. The third-order valence-corrected chi connectivity index (χ3v) is 4.15. The van der Waals surface area contributed by atoms with Crippen LogP contribution in [0.25, 0.3) is 0 Å². The zero-order valence-corrected chi connectivity index (χ0v) is 17.0. The van der Waals surface area contributed by atoms with Crippen molar-refractivity contribution in [3.05, 3.63) is 59.7 Å². The van der Waals surface area contributed by atoms with Crippen LogP contribution in [-0.4, -0.2) is 18.2 Å². The van der Waals surface area contributed by atoms with E-state index in [1.54, 1.807) is 12.1 Å². The number of amides is 1. The first kappa shape index (κ1) is 21.5. The molecule has 0 aromatic heterocycles. The normalized spacial score (nSPS) is 10.2. The van der Waals surface area contributed by atoms with E-state index in [1.807, 2.05) is 43.3 Å². The standard InChI is InChI=1S/C23H30N2O3/c1-4-7-20(8-5-2)24-25-23(26)19-11-9-18(10-12-19)17-28-22-15-13-21(14-16-22)27-6-3/h9-16H,4-8,17H2,1-3H3,(H,25,26). The molecule has 0 bridgehead atoms. The number of nitrogens with one attached hydrogen (secondary N) is 1. The summed E-state index contributed by atoms with van der Waals surface area (Å²) in [5, 5.41) is 4.28. The van der Waals surface area contributed by atoms with Gasteiger partial charge in [0.2, 0.25) is 0 Å². The van der Waals surface area contributed by atoms with Gasteiger partial charge in [-0.25, -0.2) is 5.43 Å². The van der Waals surface area contributed by atoms with Crippen molar-refractivity contribution in [2.75, 3.05) is 6.61 Å². The second-order valence-electron chi connectivity index (χ2n) is 6.51. The monoisotopic (exact) mass is 382 g/mol. The number of nitrogens with zero attached hydrogens (tertiary/aromatic N) is 1. The second-order valence-corrected chi connectivity index (χ2v) is 6.51. The van der Waals surface area contributed by atoms with Crippen LogP contribution in [0.4, 0.5) is 0 Å². The molecule has 0 aliphatic carbocycles. The summed E-state index contributed by atoms with van der Waals surface area (Å²) in [7, 11) is 0. The van der Waals surface area contributed by atoms with Crippen LogP contribution < -0.4 is 14.9 Å². The fraction of sp³-hybridized carbons (Fsp3) is 0.391. The number of ether oxygens (including phenoxy) is 2. The first-order valence-electron chi connectivity index (χ1n) is 9.96. The van der Waals surface area contributed by atoms with Crippen LogP contribution in [0, 0.1) is 0 Å². The molecule has 0 saturated heterocycles. The molecule has 0 radical (unpaired) electrons. The average Bonchev–Trinajstić information content (AvgIpc) is 2.72. The lowest BCUT2D eigenvalue weighted by atomic mass is 10.1. The van der Waals surface area contributed by atoms with Gasteiger partial charge in [-0.3, -0.25) is 4.79 Å². The molecular weight excluding hydrogens is 352 g/mol. The van der Waals surface area contributed by atoms with Crippen LogP contribution >= 0.6 is 0 Å². The fourth-order valence-electron chi connectivity index (χ4n) is 2.73. The van der Waals surface area contributed by atoms with Gasteiger partial charge in [-0.1, -0.05) is 38.8 Å². The Labute approximate surface area is 167 Å². The molecule has 1 amide bonds. The Kier molecular flexibility index (Phi) is 9.05. The van der Waals surface area contributed by atoms with E-state index in [0.717, 1.165) is 48.5 Å². The Hall–Kier alpha value is -2.82. The predicted molar refractivity (Wildman–Crippen MR) is 113 cm³/mol. The van der Waals surface area contributed by atoms with Crippen molar-refractivity contribution in [1.82, 2.24) is 5.43 Å². The van der Waals surface area contributed by atoms with Gasteiger partial charge in [0.15, 0.2) is 0 Å². The molecule has 0 heterocycles. The summed E-state index contributed by atoms with van der Waals surface area (Å²) in [5.41, 5.74) is 5.28. The lowest BCUT2D eigenvalue weighted by Gasteiger charge is -2.09. The molecule has 28 heavy (non-hydrogen) atoms. The average molecular weight is 383 g/mol. The Balaban J connectivity index is 1.88. The molecule has 2 aromatic rings. The van der Waals surface area contributed by atoms with Gasteiger partial charge in [-0.15, -0.1) is 0 Å². The maximum absolute atomic E-state index is 12.3. The van der Waals surface area contributed by atoms with Crippen molar-refractivity contribution < 1.29 is 14.3 Å². The van der Waals surface area contributed by atoms with Gasteiger partial charge in [0.05, 0.1) is 6.61 Å². The summed E-state index contributed by atoms with van der Waals surface area (Å²) in [6.07, 6.45) is 3.88. The van der Waals surface area contributed by atoms with Crippen LogP contribution in [-0.2, 0) is 6.61 Å². The number of rotatable bonds is 11. The third-order valence-electron chi connectivity index (χ3n) is 4.15. The molecule has 0 fully saturated rings. The summed E-state index contributed by atoms with van der Waals surface area (Å²) in [6.45, 7) is 7.26. The highest BCUT2D eigenvalue weighted by Crippen LogP contribution is 2.18. The SMILES string of the molecule is CCCC(CCC)=NNC(=O)c1ccc(COc2ccc(OCC)cc2)cc1. The molecule has 0 saturated carbocycles. The summed E-state index contributed by atoms with van der Waals surface area (Å²) >= 11 is 0. The van der Waals surface area contributed by atoms with Gasteiger partial charge < -0.3 is 9.47 Å². The van der Waals surface area contributed by atoms with Crippen LogP contribution in [0.5, 0.6) is 11.5 Å². The van der Waals surface area contributed by atoms with Crippen LogP contribution in [0.1, 0.15) is 62.4 Å². The fourth-order valence-corrected chi connectivity index (χ4v) is 2.73. The van der Waals surface area contributed by atoms with E-state index in [0.29, 0.717) is 18.8 Å². The lowest BCUT2D eigenvalue weighted by molar-refractivity contribution is 0.0954. The summed E-state index contributed by atoms with van der Waals surface area (Å²) in [6, 6.07) is 14.9. The molecule has 0 aliphatic rings. The molecule has 2 aromatic carbocycles. The topological polar surface area (TPSA) is 59.9 Å². The zero-order chi connectivity index (χ0) is 20.2. The number of benzene rings is 2. The smallest absolute Gasteiger partial charge is 0.271 e. The molecule has 0 atom stereocenters. The minimum atomic E-state index is -0.191. The minimum absolute atomic E-state index is 0.191. The van der Waals surface area contributed by atoms with E-state index in [4.69, 9.17) is 9.47 Å². The summed E-state index contributed by atoms with van der Waals surface area (Å²) in [4.78, 5) is 12.3. The highest BCUT2D eigenvalue weighted by molar-refractivity contribution is 5.95. The number of carbonyl (C=O) groups excluding carboxylic acids is 1. The van der Waals surface area contributed by atoms with Gasteiger partial charge >= 0.3 is 0 Å². The molecule has 0 spiro atoms. The Bertz CT molecular complexity index is 744. The van der Waals surface area contributed by atoms with E-state index in [2.05, 4.69) is 24.4 Å². The van der Waals surface area contributed by atoms with E-state index in [1.165, 1.54) is 0 Å². The Morgan fingerprint density at radius 2 is 1.43 bits per heavy atom. The highest BCUT2D eigenvalue weighted by Gasteiger charge is 2.06. The highest BCUT2D eigenvalue weighted by atomic mass is 16.5. The van der Waals surface area contributed by atoms with Gasteiger partial charge in [-0.2, -0.15) is 5.10 Å². The lowest BCUT2D eigenvalue weighted by Crippen LogP contribution is -2.19. The number of hydrazone groups is 1. The largest absolute Gasteiger partial charge is 0.494 e. The van der Waals surface area contributed by atoms with E-state index >= 15 is 0 Å². The van der Waals surface area contributed by atoms with Crippen molar-refractivity contribution in [1.29, 1.82) is 0 Å². The molecule has 150 valence electrons. The van der Waals surface area contributed by atoms with E-state index < -0.39 is 0 Å². The third kappa shape index (κ3) is 7.06. The molecule has 0 aliphatic heterocycles. The number of hydrogen-bond donors (Lipinski definition) is 1.